The molecule has 1 aromatic heterocycles. The molecule has 24 heavy (non-hydrogen) atoms. The highest BCUT2D eigenvalue weighted by Crippen LogP contribution is 2.27. The average molecular weight is 331 g/mol. The van der Waals surface area contributed by atoms with Gasteiger partial charge in [0.05, 0.1) is 0 Å². The Balaban J connectivity index is 1.24. The lowest BCUT2D eigenvalue weighted by molar-refractivity contribution is 0.0671. The molecule has 0 unspecified atom stereocenters. The van der Waals surface area contributed by atoms with Gasteiger partial charge in [0.25, 0.3) is 0 Å². The molecule has 1 aromatic rings. The number of ether oxygens (including phenoxy) is 1. The molecule has 5 rings (SSSR count). The van der Waals surface area contributed by atoms with Gasteiger partial charge in [0, 0.05) is 50.9 Å². The first-order valence-corrected chi connectivity index (χ1v) is 8.99. The van der Waals surface area contributed by atoms with Crippen molar-refractivity contribution >= 4 is 6.03 Å². The molecule has 0 saturated carbocycles. The summed E-state index contributed by atoms with van der Waals surface area (Å²) >= 11 is 0. The topological polar surface area (TPSA) is 70.6 Å². The van der Waals surface area contributed by atoms with E-state index in [9.17, 15) is 4.79 Å². The molecule has 0 spiro atoms. The molecular formula is C17H25N5O2. The zero-order chi connectivity index (χ0) is 16.4. The van der Waals surface area contributed by atoms with E-state index in [1.54, 1.807) is 18.5 Å². The number of amides is 2. The van der Waals surface area contributed by atoms with Gasteiger partial charge in [-0.25, -0.2) is 14.8 Å². The first kappa shape index (κ1) is 15.6. The lowest BCUT2D eigenvalue weighted by Crippen LogP contribution is -2.59. The summed E-state index contributed by atoms with van der Waals surface area (Å²) in [6.45, 7) is 4.86. The van der Waals surface area contributed by atoms with Gasteiger partial charge in [-0.2, -0.15) is 0 Å². The number of hydrogen-bond donors (Lipinski definition) is 1. The molecule has 2 bridgehead atoms. The fourth-order valence-corrected chi connectivity index (χ4v) is 4.05. The first-order valence-electron chi connectivity index (χ1n) is 8.99. The fraction of sp³-hybridized carbons (Fsp3) is 0.706. The van der Waals surface area contributed by atoms with Gasteiger partial charge in [0.1, 0.15) is 6.10 Å². The highest BCUT2D eigenvalue weighted by molar-refractivity contribution is 5.74. The van der Waals surface area contributed by atoms with E-state index in [1.807, 2.05) is 4.90 Å². The largest absolute Gasteiger partial charge is 0.460 e. The number of piperidine rings is 4. The summed E-state index contributed by atoms with van der Waals surface area (Å²) in [4.78, 5) is 25.1. The molecule has 4 aliphatic heterocycles. The number of aromatic nitrogens is 2. The summed E-state index contributed by atoms with van der Waals surface area (Å²) in [5.41, 5.74) is 0. The number of carbonyl (C=O) groups is 1. The third-order valence-electron chi connectivity index (χ3n) is 5.51. The third kappa shape index (κ3) is 3.45. The van der Waals surface area contributed by atoms with Gasteiger partial charge < -0.3 is 19.9 Å². The van der Waals surface area contributed by atoms with Crippen molar-refractivity contribution in [3.05, 3.63) is 18.5 Å². The minimum absolute atomic E-state index is 0.0863. The Morgan fingerprint density at radius 1 is 1.08 bits per heavy atom. The Labute approximate surface area is 142 Å². The summed E-state index contributed by atoms with van der Waals surface area (Å²) < 4.78 is 5.79. The van der Waals surface area contributed by atoms with E-state index in [2.05, 4.69) is 20.2 Å². The Hall–Kier alpha value is -1.89. The first-order chi connectivity index (χ1) is 11.8. The molecule has 4 fully saturated rings. The van der Waals surface area contributed by atoms with Gasteiger partial charge in [-0.1, -0.05) is 0 Å². The Morgan fingerprint density at radius 2 is 1.79 bits per heavy atom. The smallest absolute Gasteiger partial charge is 0.317 e. The predicted molar refractivity (Wildman–Crippen MR) is 88.7 cm³/mol. The SMILES string of the molecule is O=C(N[C@@H]1CN2CCC1CC2)N1CCC(Oc2ncccn2)CC1. The van der Waals surface area contributed by atoms with Crippen LogP contribution < -0.4 is 10.1 Å². The quantitative estimate of drug-likeness (QED) is 0.899. The summed E-state index contributed by atoms with van der Waals surface area (Å²) in [5, 5.41) is 3.26. The molecule has 1 atom stereocenters. The molecule has 0 aromatic carbocycles. The zero-order valence-electron chi connectivity index (χ0n) is 13.9. The number of nitrogens with zero attached hydrogens (tertiary/aromatic N) is 4. The van der Waals surface area contributed by atoms with Crippen LogP contribution >= 0.6 is 0 Å². The second-order valence-electron chi connectivity index (χ2n) is 7.03. The van der Waals surface area contributed by atoms with E-state index >= 15 is 0 Å². The number of rotatable bonds is 3. The van der Waals surface area contributed by atoms with Gasteiger partial charge >= 0.3 is 12.0 Å². The van der Waals surface area contributed by atoms with Crippen molar-refractivity contribution in [1.29, 1.82) is 0 Å². The number of likely N-dealkylation sites (tertiary alicyclic amines) is 1. The minimum Gasteiger partial charge on any atom is -0.460 e. The van der Waals surface area contributed by atoms with Crippen LogP contribution in [0.3, 0.4) is 0 Å². The van der Waals surface area contributed by atoms with Crippen LogP contribution in [0.25, 0.3) is 0 Å². The van der Waals surface area contributed by atoms with Crippen LogP contribution in [-0.2, 0) is 0 Å². The lowest BCUT2D eigenvalue weighted by Gasteiger charge is -2.45. The second kappa shape index (κ2) is 6.93. The Kier molecular flexibility index (Phi) is 4.51. The van der Waals surface area contributed by atoms with Crippen LogP contribution in [0.5, 0.6) is 6.01 Å². The highest BCUT2D eigenvalue weighted by Gasteiger charge is 2.36. The normalized spacial score (nSPS) is 30.2. The van der Waals surface area contributed by atoms with Crippen molar-refractivity contribution in [2.75, 3.05) is 32.7 Å². The van der Waals surface area contributed by atoms with Crippen molar-refractivity contribution in [1.82, 2.24) is 25.1 Å². The molecule has 4 saturated heterocycles. The molecule has 1 N–H and O–H groups in total. The van der Waals surface area contributed by atoms with Gasteiger partial charge in [-0.3, -0.25) is 0 Å². The lowest BCUT2D eigenvalue weighted by atomic mass is 9.84. The molecular weight excluding hydrogens is 306 g/mol. The van der Waals surface area contributed by atoms with E-state index in [1.165, 1.54) is 25.9 Å². The van der Waals surface area contributed by atoms with Crippen LogP contribution in [0.15, 0.2) is 18.5 Å². The van der Waals surface area contributed by atoms with E-state index in [0.717, 1.165) is 32.5 Å². The van der Waals surface area contributed by atoms with E-state index < -0.39 is 0 Å². The van der Waals surface area contributed by atoms with Crippen molar-refractivity contribution in [2.45, 2.75) is 37.8 Å². The van der Waals surface area contributed by atoms with Gasteiger partial charge in [0.2, 0.25) is 0 Å². The molecule has 5 heterocycles. The van der Waals surface area contributed by atoms with Crippen LogP contribution in [-0.4, -0.2) is 70.7 Å². The van der Waals surface area contributed by atoms with Crippen molar-refractivity contribution < 1.29 is 9.53 Å². The minimum atomic E-state index is 0.0863. The number of nitrogens with one attached hydrogen (secondary N) is 1. The van der Waals surface area contributed by atoms with Crippen LogP contribution in [0.2, 0.25) is 0 Å². The fourth-order valence-electron chi connectivity index (χ4n) is 4.05. The molecule has 130 valence electrons. The highest BCUT2D eigenvalue weighted by atomic mass is 16.5. The maximum absolute atomic E-state index is 12.5. The van der Waals surface area contributed by atoms with E-state index in [0.29, 0.717) is 18.0 Å². The average Bonchev–Trinajstić information content (AvgIpc) is 2.64. The number of fused-ring (bicyclic) bond motifs is 3. The van der Waals surface area contributed by atoms with Gasteiger partial charge in [-0.15, -0.1) is 0 Å². The van der Waals surface area contributed by atoms with Gasteiger partial charge in [-0.05, 0) is 37.9 Å². The van der Waals surface area contributed by atoms with Crippen LogP contribution in [0.1, 0.15) is 25.7 Å². The predicted octanol–water partition coefficient (Wildman–Crippen LogP) is 1.12. The molecule has 2 amide bonds. The molecule has 7 heteroatoms. The maximum atomic E-state index is 12.5. The van der Waals surface area contributed by atoms with Gasteiger partial charge in [0.15, 0.2) is 0 Å². The van der Waals surface area contributed by atoms with E-state index in [-0.39, 0.29) is 12.1 Å². The standard InChI is InChI=1S/C17H25N5O2/c23-17(20-15-12-21-8-2-13(15)3-9-21)22-10-4-14(5-11-22)24-16-18-6-1-7-19-16/h1,6-7,13-15H,2-5,8-12H2,(H,20,23)/t15-/m1/s1. The zero-order valence-corrected chi connectivity index (χ0v) is 13.9. The van der Waals surface area contributed by atoms with Crippen molar-refractivity contribution in [2.24, 2.45) is 5.92 Å². The number of hydrogen-bond acceptors (Lipinski definition) is 5. The third-order valence-corrected chi connectivity index (χ3v) is 5.51. The molecule has 0 aliphatic carbocycles. The van der Waals surface area contributed by atoms with Crippen molar-refractivity contribution in [3.8, 4) is 6.01 Å². The van der Waals surface area contributed by atoms with Crippen molar-refractivity contribution in [3.63, 3.8) is 0 Å². The molecule has 7 nitrogen and oxygen atoms in total. The Morgan fingerprint density at radius 3 is 2.42 bits per heavy atom. The summed E-state index contributed by atoms with van der Waals surface area (Å²) in [6.07, 6.45) is 7.54. The maximum Gasteiger partial charge on any atom is 0.317 e. The summed E-state index contributed by atoms with van der Waals surface area (Å²) in [6, 6.07) is 2.61. The number of urea groups is 1. The molecule has 0 radical (unpaired) electrons. The monoisotopic (exact) mass is 331 g/mol. The summed E-state index contributed by atoms with van der Waals surface area (Å²) in [7, 11) is 0. The number of carbonyl (C=O) groups excluding carboxylic acids is 1. The Bertz CT molecular complexity index is 553. The molecule has 4 aliphatic rings. The van der Waals surface area contributed by atoms with E-state index in [4.69, 9.17) is 4.74 Å². The second-order valence-corrected chi connectivity index (χ2v) is 7.03. The van der Waals surface area contributed by atoms with Crippen LogP contribution in [0.4, 0.5) is 4.79 Å². The summed E-state index contributed by atoms with van der Waals surface area (Å²) in [5.74, 6) is 0.662. The van der Waals surface area contributed by atoms with Crippen LogP contribution in [0, 0.1) is 5.92 Å².